The predicted octanol–water partition coefficient (Wildman–Crippen LogP) is 1.72. The summed E-state index contributed by atoms with van der Waals surface area (Å²) in [5, 5.41) is 3.96. The number of carbonyl (C=O) groups is 1. The molecule has 0 aliphatic carbocycles. The third-order valence-corrected chi connectivity index (χ3v) is 2.81. The molecular formula is C11H10N2O. The normalized spacial score (nSPS) is 14.5. The van der Waals surface area contributed by atoms with Gasteiger partial charge in [0.15, 0.2) is 0 Å². The van der Waals surface area contributed by atoms with Gasteiger partial charge in [-0.3, -0.25) is 4.79 Å². The van der Waals surface area contributed by atoms with E-state index in [0.29, 0.717) is 6.54 Å². The van der Waals surface area contributed by atoms with Crippen LogP contribution >= 0.6 is 0 Å². The molecule has 70 valence electrons. The highest BCUT2D eigenvalue weighted by Crippen LogP contribution is 2.28. The van der Waals surface area contributed by atoms with E-state index in [1.807, 2.05) is 25.1 Å². The van der Waals surface area contributed by atoms with Gasteiger partial charge in [0.05, 0.1) is 0 Å². The smallest absolute Gasteiger partial charge is 0.252 e. The van der Waals surface area contributed by atoms with Gasteiger partial charge in [-0.1, -0.05) is 6.07 Å². The molecule has 1 aliphatic rings. The van der Waals surface area contributed by atoms with Crippen LogP contribution in [0.25, 0.3) is 10.9 Å². The first-order valence-corrected chi connectivity index (χ1v) is 4.66. The summed E-state index contributed by atoms with van der Waals surface area (Å²) in [6.45, 7) is 2.68. The Labute approximate surface area is 81.1 Å². The van der Waals surface area contributed by atoms with Crippen LogP contribution in [0.4, 0.5) is 0 Å². The summed E-state index contributed by atoms with van der Waals surface area (Å²) >= 11 is 0. The number of benzene rings is 1. The van der Waals surface area contributed by atoms with E-state index in [-0.39, 0.29) is 5.91 Å². The van der Waals surface area contributed by atoms with Crippen LogP contribution in [0.5, 0.6) is 0 Å². The Morgan fingerprint density at radius 2 is 2.21 bits per heavy atom. The van der Waals surface area contributed by atoms with Crippen molar-refractivity contribution in [2.75, 3.05) is 0 Å². The number of rotatable bonds is 0. The number of aromatic nitrogens is 1. The van der Waals surface area contributed by atoms with E-state index in [4.69, 9.17) is 0 Å². The number of aromatic amines is 1. The lowest BCUT2D eigenvalue weighted by atomic mass is 10.0. The van der Waals surface area contributed by atoms with Crippen LogP contribution in [0.1, 0.15) is 21.6 Å². The molecule has 0 fully saturated rings. The molecular weight excluding hydrogens is 176 g/mol. The average molecular weight is 186 g/mol. The average Bonchev–Trinajstić information content (AvgIpc) is 2.50. The minimum atomic E-state index is 0.0297. The van der Waals surface area contributed by atoms with Crippen molar-refractivity contribution in [3.8, 4) is 0 Å². The first-order chi connectivity index (χ1) is 6.77. The first-order valence-electron chi connectivity index (χ1n) is 4.66. The van der Waals surface area contributed by atoms with Gasteiger partial charge in [-0.05, 0) is 19.1 Å². The second-order valence-electron chi connectivity index (χ2n) is 3.64. The van der Waals surface area contributed by atoms with Crippen molar-refractivity contribution >= 4 is 16.8 Å². The quantitative estimate of drug-likeness (QED) is 0.646. The van der Waals surface area contributed by atoms with Gasteiger partial charge in [0, 0.05) is 34.3 Å². The summed E-state index contributed by atoms with van der Waals surface area (Å²) in [4.78, 5) is 14.8. The zero-order valence-electron chi connectivity index (χ0n) is 7.85. The molecule has 0 radical (unpaired) electrons. The van der Waals surface area contributed by atoms with Gasteiger partial charge in [-0.2, -0.15) is 0 Å². The molecule has 0 saturated carbocycles. The number of H-pyrrole nitrogens is 1. The van der Waals surface area contributed by atoms with Crippen molar-refractivity contribution in [2.24, 2.45) is 0 Å². The largest absolute Gasteiger partial charge is 0.358 e. The summed E-state index contributed by atoms with van der Waals surface area (Å²) in [6, 6.07) is 5.78. The second-order valence-corrected chi connectivity index (χ2v) is 3.64. The SMILES string of the molecule is Cc1[nH]c2cccc3c2c1CNC3=O. The summed E-state index contributed by atoms with van der Waals surface area (Å²) in [6.07, 6.45) is 0. The third kappa shape index (κ3) is 0.789. The fourth-order valence-corrected chi connectivity index (χ4v) is 2.12. The standard InChI is InChI=1S/C11H10N2O/c1-6-8-5-12-11(14)7-3-2-4-9(13-6)10(7)8/h2-4,13H,5H2,1H3,(H,12,14). The van der Waals surface area contributed by atoms with E-state index in [1.165, 1.54) is 5.56 Å². The van der Waals surface area contributed by atoms with Crippen LogP contribution in [0.3, 0.4) is 0 Å². The Kier molecular flexibility index (Phi) is 1.29. The number of hydrogen-bond acceptors (Lipinski definition) is 1. The summed E-state index contributed by atoms with van der Waals surface area (Å²) < 4.78 is 0. The van der Waals surface area contributed by atoms with Crippen molar-refractivity contribution in [3.63, 3.8) is 0 Å². The number of amides is 1. The molecule has 0 unspecified atom stereocenters. The number of aryl methyl sites for hydroxylation is 1. The molecule has 1 aliphatic heterocycles. The van der Waals surface area contributed by atoms with Gasteiger partial charge in [0.2, 0.25) is 0 Å². The Balaban J connectivity index is 2.53. The van der Waals surface area contributed by atoms with E-state index >= 15 is 0 Å². The van der Waals surface area contributed by atoms with Crippen LogP contribution in [0, 0.1) is 6.92 Å². The highest BCUT2D eigenvalue weighted by atomic mass is 16.1. The molecule has 1 amide bonds. The maximum atomic E-state index is 11.6. The van der Waals surface area contributed by atoms with Gasteiger partial charge in [0.25, 0.3) is 5.91 Å². The Bertz CT molecular complexity index is 539. The summed E-state index contributed by atoms with van der Waals surface area (Å²) in [7, 11) is 0. The van der Waals surface area contributed by atoms with E-state index in [2.05, 4.69) is 10.3 Å². The van der Waals surface area contributed by atoms with Gasteiger partial charge in [-0.25, -0.2) is 0 Å². The Morgan fingerprint density at radius 3 is 3.07 bits per heavy atom. The Morgan fingerprint density at radius 1 is 1.36 bits per heavy atom. The topological polar surface area (TPSA) is 44.9 Å². The van der Waals surface area contributed by atoms with Crippen LogP contribution in [0.15, 0.2) is 18.2 Å². The van der Waals surface area contributed by atoms with Crippen molar-refractivity contribution in [1.29, 1.82) is 0 Å². The zero-order valence-corrected chi connectivity index (χ0v) is 7.85. The lowest BCUT2D eigenvalue weighted by molar-refractivity contribution is 0.0949. The van der Waals surface area contributed by atoms with E-state index in [0.717, 1.165) is 22.2 Å². The first kappa shape index (κ1) is 7.62. The van der Waals surface area contributed by atoms with E-state index in [9.17, 15) is 4.79 Å². The van der Waals surface area contributed by atoms with E-state index in [1.54, 1.807) is 0 Å². The Hall–Kier alpha value is -1.77. The summed E-state index contributed by atoms with van der Waals surface area (Å²) in [5.41, 5.74) is 4.21. The predicted molar refractivity (Wildman–Crippen MR) is 54.2 cm³/mol. The van der Waals surface area contributed by atoms with Crippen LogP contribution in [-0.2, 0) is 6.54 Å². The molecule has 3 nitrogen and oxygen atoms in total. The molecule has 14 heavy (non-hydrogen) atoms. The van der Waals surface area contributed by atoms with Gasteiger partial charge in [-0.15, -0.1) is 0 Å². The fourth-order valence-electron chi connectivity index (χ4n) is 2.12. The molecule has 0 saturated heterocycles. The van der Waals surface area contributed by atoms with Gasteiger partial charge >= 0.3 is 0 Å². The molecule has 1 aromatic heterocycles. The van der Waals surface area contributed by atoms with Crippen LogP contribution < -0.4 is 5.32 Å². The highest BCUT2D eigenvalue weighted by Gasteiger charge is 2.20. The zero-order chi connectivity index (χ0) is 9.71. The molecule has 2 heterocycles. The van der Waals surface area contributed by atoms with Crippen molar-refractivity contribution < 1.29 is 4.79 Å². The molecule has 0 atom stereocenters. The van der Waals surface area contributed by atoms with Crippen molar-refractivity contribution in [2.45, 2.75) is 13.5 Å². The monoisotopic (exact) mass is 186 g/mol. The second kappa shape index (κ2) is 2.38. The van der Waals surface area contributed by atoms with Crippen molar-refractivity contribution in [3.05, 3.63) is 35.0 Å². The minimum absolute atomic E-state index is 0.0297. The molecule has 0 bridgehead atoms. The summed E-state index contributed by atoms with van der Waals surface area (Å²) in [5.74, 6) is 0.0297. The molecule has 2 N–H and O–H groups in total. The maximum Gasteiger partial charge on any atom is 0.252 e. The fraction of sp³-hybridized carbons (Fsp3) is 0.182. The third-order valence-electron chi connectivity index (χ3n) is 2.81. The van der Waals surface area contributed by atoms with E-state index < -0.39 is 0 Å². The van der Waals surface area contributed by atoms with Crippen LogP contribution in [-0.4, -0.2) is 10.9 Å². The highest BCUT2D eigenvalue weighted by molar-refractivity contribution is 6.09. The molecule has 0 spiro atoms. The molecule has 3 heteroatoms. The maximum absolute atomic E-state index is 11.6. The molecule has 1 aromatic carbocycles. The lowest BCUT2D eigenvalue weighted by Crippen LogP contribution is -2.26. The number of carbonyl (C=O) groups excluding carboxylic acids is 1. The van der Waals surface area contributed by atoms with Gasteiger partial charge < -0.3 is 10.3 Å². The van der Waals surface area contributed by atoms with Gasteiger partial charge in [0.1, 0.15) is 0 Å². The number of nitrogens with one attached hydrogen (secondary N) is 2. The van der Waals surface area contributed by atoms with Crippen molar-refractivity contribution in [1.82, 2.24) is 10.3 Å². The molecule has 3 rings (SSSR count). The molecule has 2 aromatic rings. The number of hydrogen-bond donors (Lipinski definition) is 2. The van der Waals surface area contributed by atoms with Crippen LogP contribution in [0.2, 0.25) is 0 Å². The minimum Gasteiger partial charge on any atom is -0.358 e. The lowest BCUT2D eigenvalue weighted by Gasteiger charge is -2.13.